The van der Waals surface area contributed by atoms with Crippen molar-refractivity contribution in [3.8, 4) is 0 Å². The minimum Gasteiger partial charge on any atom is -0.312 e. The quantitative estimate of drug-likeness (QED) is 0.690. The van der Waals surface area contributed by atoms with Gasteiger partial charge < -0.3 is 5.32 Å². The highest BCUT2D eigenvalue weighted by Crippen LogP contribution is 2.42. The van der Waals surface area contributed by atoms with Gasteiger partial charge in [-0.1, -0.05) is 46.0 Å². The molecular weight excluding hydrogens is 218 g/mol. The third kappa shape index (κ3) is 5.30. The largest absolute Gasteiger partial charge is 0.312 e. The summed E-state index contributed by atoms with van der Waals surface area (Å²) < 4.78 is 0. The molecule has 0 spiro atoms. The molecule has 18 heavy (non-hydrogen) atoms. The van der Waals surface area contributed by atoms with Crippen LogP contribution in [0, 0.1) is 11.3 Å². The molecule has 0 bridgehead atoms. The van der Waals surface area contributed by atoms with E-state index < -0.39 is 0 Å². The SMILES string of the molecule is CCC(CC)CC1(CNC(C)(C)C)CCCCC1. The Morgan fingerprint density at radius 2 is 1.56 bits per heavy atom. The summed E-state index contributed by atoms with van der Waals surface area (Å²) in [5.74, 6) is 0.935. The summed E-state index contributed by atoms with van der Waals surface area (Å²) >= 11 is 0. The molecule has 1 fully saturated rings. The monoisotopic (exact) mass is 253 g/mol. The molecule has 1 nitrogen and oxygen atoms in total. The van der Waals surface area contributed by atoms with E-state index in [1.165, 1.54) is 57.9 Å². The van der Waals surface area contributed by atoms with Gasteiger partial charge in [0.25, 0.3) is 0 Å². The summed E-state index contributed by atoms with van der Waals surface area (Å²) in [6, 6.07) is 0. The van der Waals surface area contributed by atoms with Crippen LogP contribution < -0.4 is 5.32 Å². The molecule has 0 heterocycles. The van der Waals surface area contributed by atoms with Crippen LogP contribution in [0.4, 0.5) is 0 Å². The zero-order valence-corrected chi connectivity index (χ0v) is 13.4. The maximum absolute atomic E-state index is 3.79. The minimum atomic E-state index is 0.262. The molecule has 0 unspecified atom stereocenters. The first-order valence-corrected chi connectivity index (χ1v) is 8.16. The molecule has 0 aliphatic heterocycles. The van der Waals surface area contributed by atoms with Crippen LogP contribution in [0.1, 0.15) is 86.0 Å². The molecule has 0 aromatic carbocycles. The van der Waals surface area contributed by atoms with Gasteiger partial charge in [-0.15, -0.1) is 0 Å². The Labute approximate surface area is 115 Å². The summed E-state index contributed by atoms with van der Waals surface area (Å²) in [6.45, 7) is 12.8. The maximum Gasteiger partial charge on any atom is 0.00967 e. The molecule has 108 valence electrons. The third-order valence-corrected chi connectivity index (χ3v) is 4.78. The highest BCUT2D eigenvalue weighted by molar-refractivity contribution is 4.88. The molecule has 0 aromatic heterocycles. The molecule has 0 saturated heterocycles. The van der Waals surface area contributed by atoms with Crippen molar-refractivity contribution in [3.05, 3.63) is 0 Å². The molecule has 0 atom stereocenters. The Hall–Kier alpha value is -0.0400. The van der Waals surface area contributed by atoms with Crippen molar-refractivity contribution in [2.24, 2.45) is 11.3 Å². The van der Waals surface area contributed by atoms with Crippen molar-refractivity contribution in [2.45, 2.75) is 91.5 Å². The van der Waals surface area contributed by atoms with Gasteiger partial charge in [-0.2, -0.15) is 0 Å². The molecule has 1 saturated carbocycles. The standard InChI is InChI=1S/C17H35N/c1-6-15(7-2)13-17(11-9-8-10-12-17)14-18-16(3,4)5/h15,18H,6-14H2,1-5H3. The molecule has 0 amide bonds. The second-order valence-corrected chi connectivity index (χ2v) is 7.55. The second-order valence-electron chi connectivity index (χ2n) is 7.55. The van der Waals surface area contributed by atoms with E-state index in [2.05, 4.69) is 39.9 Å². The molecule has 1 heteroatoms. The number of nitrogens with one attached hydrogen (secondary N) is 1. The molecule has 0 radical (unpaired) electrons. The molecule has 1 N–H and O–H groups in total. The lowest BCUT2D eigenvalue weighted by atomic mass is 9.68. The lowest BCUT2D eigenvalue weighted by Crippen LogP contribution is -2.45. The predicted octanol–water partition coefficient (Wildman–Crippen LogP) is 5.15. The molecule has 0 aromatic rings. The van der Waals surface area contributed by atoms with Crippen molar-refractivity contribution in [2.75, 3.05) is 6.54 Å². The van der Waals surface area contributed by atoms with Crippen LogP contribution in [0.5, 0.6) is 0 Å². The van der Waals surface area contributed by atoms with Gasteiger partial charge in [-0.3, -0.25) is 0 Å². The van der Waals surface area contributed by atoms with Crippen LogP contribution >= 0.6 is 0 Å². The summed E-state index contributed by atoms with van der Waals surface area (Å²) in [5.41, 5.74) is 0.862. The Morgan fingerprint density at radius 3 is 2.00 bits per heavy atom. The Kier molecular flexibility index (Phi) is 6.17. The van der Waals surface area contributed by atoms with E-state index >= 15 is 0 Å². The minimum absolute atomic E-state index is 0.262. The van der Waals surface area contributed by atoms with Crippen LogP contribution in [0.3, 0.4) is 0 Å². The fraction of sp³-hybridized carbons (Fsp3) is 1.00. The van der Waals surface area contributed by atoms with Gasteiger partial charge in [0.2, 0.25) is 0 Å². The van der Waals surface area contributed by atoms with Gasteiger partial charge in [-0.05, 0) is 51.4 Å². The van der Waals surface area contributed by atoms with Gasteiger partial charge >= 0.3 is 0 Å². The van der Waals surface area contributed by atoms with Crippen molar-refractivity contribution in [1.82, 2.24) is 5.32 Å². The molecule has 1 aliphatic rings. The first-order chi connectivity index (χ1) is 8.41. The molecular formula is C17H35N. The number of hydrogen-bond acceptors (Lipinski definition) is 1. The highest BCUT2D eigenvalue weighted by atomic mass is 15.0. The molecule has 1 aliphatic carbocycles. The fourth-order valence-electron chi connectivity index (χ4n) is 3.40. The van der Waals surface area contributed by atoms with E-state index in [0.29, 0.717) is 5.41 Å². The summed E-state index contributed by atoms with van der Waals surface area (Å²) in [4.78, 5) is 0. The van der Waals surface area contributed by atoms with Crippen molar-refractivity contribution < 1.29 is 0 Å². The van der Waals surface area contributed by atoms with E-state index in [4.69, 9.17) is 0 Å². The van der Waals surface area contributed by atoms with Crippen LogP contribution in [-0.4, -0.2) is 12.1 Å². The summed E-state index contributed by atoms with van der Waals surface area (Å²) in [6.07, 6.45) is 11.4. The van der Waals surface area contributed by atoms with Gasteiger partial charge in [0.05, 0.1) is 0 Å². The van der Waals surface area contributed by atoms with Crippen molar-refractivity contribution in [1.29, 1.82) is 0 Å². The van der Waals surface area contributed by atoms with Gasteiger partial charge in [-0.25, -0.2) is 0 Å². The third-order valence-electron chi connectivity index (χ3n) is 4.78. The van der Waals surface area contributed by atoms with Gasteiger partial charge in [0, 0.05) is 12.1 Å². The van der Waals surface area contributed by atoms with E-state index in [9.17, 15) is 0 Å². The van der Waals surface area contributed by atoms with Crippen molar-refractivity contribution >= 4 is 0 Å². The van der Waals surface area contributed by atoms with Gasteiger partial charge in [0.15, 0.2) is 0 Å². The Balaban J connectivity index is 2.62. The second kappa shape index (κ2) is 6.93. The van der Waals surface area contributed by atoms with E-state index in [0.717, 1.165) is 5.92 Å². The number of rotatable bonds is 6. The first kappa shape index (κ1) is 16.0. The van der Waals surface area contributed by atoms with E-state index in [1.54, 1.807) is 0 Å². The van der Waals surface area contributed by atoms with Gasteiger partial charge in [0.1, 0.15) is 0 Å². The van der Waals surface area contributed by atoms with Crippen LogP contribution in [-0.2, 0) is 0 Å². The summed E-state index contributed by atoms with van der Waals surface area (Å²) in [7, 11) is 0. The average molecular weight is 253 g/mol. The average Bonchev–Trinajstić information content (AvgIpc) is 2.34. The summed E-state index contributed by atoms with van der Waals surface area (Å²) in [5, 5.41) is 3.79. The zero-order chi connectivity index (χ0) is 13.6. The Morgan fingerprint density at radius 1 is 1.00 bits per heavy atom. The van der Waals surface area contributed by atoms with Crippen LogP contribution in [0.2, 0.25) is 0 Å². The maximum atomic E-state index is 3.79. The predicted molar refractivity (Wildman–Crippen MR) is 82.0 cm³/mol. The normalized spacial score (nSPS) is 20.3. The zero-order valence-electron chi connectivity index (χ0n) is 13.4. The topological polar surface area (TPSA) is 12.0 Å². The lowest BCUT2D eigenvalue weighted by molar-refractivity contribution is 0.123. The first-order valence-electron chi connectivity index (χ1n) is 8.16. The van der Waals surface area contributed by atoms with E-state index in [1.807, 2.05) is 0 Å². The van der Waals surface area contributed by atoms with E-state index in [-0.39, 0.29) is 5.54 Å². The Bertz CT molecular complexity index is 216. The van der Waals surface area contributed by atoms with Crippen LogP contribution in [0.15, 0.2) is 0 Å². The smallest absolute Gasteiger partial charge is 0.00967 e. The molecule has 1 rings (SSSR count). The lowest BCUT2D eigenvalue weighted by Gasteiger charge is -2.42. The number of hydrogen-bond donors (Lipinski definition) is 1. The van der Waals surface area contributed by atoms with Crippen molar-refractivity contribution in [3.63, 3.8) is 0 Å². The highest BCUT2D eigenvalue weighted by Gasteiger charge is 2.34. The van der Waals surface area contributed by atoms with Crippen LogP contribution in [0.25, 0.3) is 0 Å². The fourth-order valence-corrected chi connectivity index (χ4v) is 3.40.